The summed E-state index contributed by atoms with van der Waals surface area (Å²) in [5, 5.41) is 8.29. The molecule has 0 N–H and O–H groups in total. The third kappa shape index (κ3) is 3.87. The first-order valence-corrected chi connectivity index (χ1v) is 10.1. The number of carbonyl (C=O) groups is 1. The predicted molar refractivity (Wildman–Crippen MR) is 120 cm³/mol. The fourth-order valence-corrected chi connectivity index (χ4v) is 3.58. The molecule has 0 unspecified atom stereocenters. The summed E-state index contributed by atoms with van der Waals surface area (Å²) in [6.07, 6.45) is 5.02. The van der Waals surface area contributed by atoms with Gasteiger partial charge < -0.3 is 4.90 Å². The Morgan fingerprint density at radius 3 is 2.45 bits per heavy atom. The first-order valence-electron chi connectivity index (χ1n) is 10.1. The molecule has 5 rings (SSSR count). The molecule has 0 atom stereocenters. The van der Waals surface area contributed by atoms with E-state index in [9.17, 15) is 4.79 Å². The third-order valence-corrected chi connectivity index (χ3v) is 5.22. The van der Waals surface area contributed by atoms with Crippen molar-refractivity contribution in [3.8, 4) is 0 Å². The average molecular weight is 411 g/mol. The lowest BCUT2D eigenvalue weighted by Gasteiger charge is -2.33. The smallest absolute Gasteiger partial charge is 0.252 e. The Bertz CT molecular complexity index is 1270. The van der Waals surface area contributed by atoms with E-state index in [1.165, 1.54) is 6.08 Å². The Hall–Kier alpha value is -4.07. The van der Waals surface area contributed by atoms with Crippen molar-refractivity contribution in [3.05, 3.63) is 78.1 Å². The van der Waals surface area contributed by atoms with Crippen LogP contribution in [0.2, 0.25) is 0 Å². The second-order valence-corrected chi connectivity index (χ2v) is 7.43. The van der Waals surface area contributed by atoms with Gasteiger partial charge in [-0.15, -0.1) is 5.10 Å². The molecule has 31 heavy (non-hydrogen) atoms. The predicted octanol–water partition coefficient (Wildman–Crippen LogP) is 2.77. The van der Waals surface area contributed by atoms with Gasteiger partial charge in [-0.2, -0.15) is 0 Å². The van der Waals surface area contributed by atoms with Crippen molar-refractivity contribution < 1.29 is 4.79 Å². The molecule has 8 nitrogen and oxygen atoms in total. The monoisotopic (exact) mass is 411 g/mol. The van der Waals surface area contributed by atoms with Gasteiger partial charge in [0.1, 0.15) is 5.69 Å². The second-order valence-electron chi connectivity index (χ2n) is 7.43. The molecule has 0 spiro atoms. The minimum Gasteiger partial charge on any atom is -0.355 e. The van der Waals surface area contributed by atoms with E-state index in [2.05, 4.69) is 10.3 Å². The van der Waals surface area contributed by atoms with E-state index < -0.39 is 0 Å². The van der Waals surface area contributed by atoms with Crippen LogP contribution in [-0.4, -0.2) is 51.0 Å². The molecule has 3 heterocycles. The van der Waals surface area contributed by atoms with Gasteiger partial charge in [0, 0.05) is 26.2 Å². The molecular weight excluding hydrogens is 390 g/mol. The van der Waals surface area contributed by atoms with E-state index in [0.29, 0.717) is 37.0 Å². The van der Waals surface area contributed by atoms with E-state index in [1.807, 2.05) is 72.7 Å². The number of amides is 1. The fourth-order valence-electron chi connectivity index (χ4n) is 3.58. The number of aromatic nitrogens is 5. The maximum atomic E-state index is 13.0. The summed E-state index contributed by atoms with van der Waals surface area (Å²) in [5.41, 5.74) is 3.34. The van der Waals surface area contributed by atoms with Crippen LogP contribution in [0.15, 0.2) is 66.9 Å². The molecule has 0 saturated carbocycles. The summed E-state index contributed by atoms with van der Waals surface area (Å²) in [5.74, 6) is 1.13. The van der Waals surface area contributed by atoms with Gasteiger partial charge in [-0.1, -0.05) is 47.7 Å². The normalized spacial score (nSPS) is 13.7. The summed E-state index contributed by atoms with van der Waals surface area (Å²) in [6.45, 7) is 1.86. The number of benzene rings is 2. The fraction of sp³-hybridized carbons (Fsp3) is 0.174. The highest BCUT2D eigenvalue weighted by molar-refractivity contribution is 6.05. The van der Waals surface area contributed by atoms with Crippen molar-refractivity contribution >= 4 is 34.7 Å². The Labute approximate surface area is 179 Å². The number of para-hydroxylation sites is 2. The van der Waals surface area contributed by atoms with Crippen LogP contribution in [0.4, 0.5) is 11.6 Å². The van der Waals surface area contributed by atoms with E-state index in [1.54, 1.807) is 15.7 Å². The van der Waals surface area contributed by atoms with Crippen molar-refractivity contribution in [2.45, 2.75) is 6.54 Å². The Morgan fingerprint density at radius 1 is 0.968 bits per heavy atom. The molecule has 1 amide bonds. The standard InChI is InChI=1S/C23H21N7O/c1-28-13-14-30(23-22(28)24-19-9-5-6-10-20(19)25-23)21(31)12-11-18-16-29(27-26-18)15-17-7-3-2-4-8-17/h2-12,16H,13-15H2,1H3. The van der Waals surface area contributed by atoms with Gasteiger partial charge in [0.25, 0.3) is 5.91 Å². The number of hydrogen-bond donors (Lipinski definition) is 0. The largest absolute Gasteiger partial charge is 0.355 e. The number of carbonyl (C=O) groups excluding carboxylic acids is 1. The zero-order chi connectivity index (χ0) is 21.2. The summed E-state index contributed by atoms with van der Waals surface area (Å²) >= 11 is 0. The van der Waals surface area contributed by atoms with Crippen molar-refractivity contribution in [2.75, 3.05) is 29.9 Å². The summed E-state index contributed by atoms with van der Waals surface area (Å²) < 4.78 is 1.75. The van der Waals surface area contributed by atoms with Crippen LogP contribution in [0.5, 0.6) is 0 Å². The van der Waals surface area contributed by atoms with Crippen molar-refractivity contribution in [3.63, 3.8) is 0 Å². The zero-order valence-electron chi connectivity index (χ0n) is 17.1. The van der Waals surface area contributed by atoms with Crippen LogP contribution < -0.4 is 9.80 Å². The molecule has 0 radical (unpaired) electrons. The van der Waals surface area contributed by atoms with Crippen LogP contribution >= 0.6 is 0 Å². The molecule has 2 aromatic carbocycles. The number of fused-ring (bicyclic) bond motifs is 2. The molecule has 4 aromatic rings. The molecular formula is C23H21N7O. The van der Waals surface area contributed by atoms with Gasteiger partial charge in [-0.05, 0) is 23.8 Å². The molecule has 1 aliphatic rings. The van der Waals surface area contributed by atoms with E-state index >= 15 is 0 Å². The lowest BCUT2D eigenvalue weighted by Crippen LogP contribution is -2.43. The lowest BCUT2D eigenvalue weighted by molar-refractivity contribution is -0.114. The van der Waals surface area contributed by atoms with Gasteiger partial charge in [0.2, 0.25) is 0 Å². The van der Waals surface area contributed by atoms with Crippen LogP contribution in [0.3, 0.4) is 0 Å². The summed E-state index contributed by atoms with van der Waals surface area (Å²) in [4.78, 5) is 26.1. The highest BCUT2D eigenvalue weighted by Crippen LogP contribution is 2.30. The van der Waals surface area contributed by atoms with Crippen LogP contribution in [0, 0.1) is 0 Å². The van der Waals surface area contributed by atoms with E-state index in [-0.39, 0.29) is 5.91 Å². The molecule has 2 aromatic heterocycles. The van der Waals surface area contributed by atoms with E-state index in [4.69, 9.17) is 9.97 Å². The molecule has 0 aliphatic carbocycles. The van der Waals surface area contributed by atoms with Crippen molar-refractivity contribution in [1.29, 1.82) is 0 Å². The first-order chi connectivity index (χ1) is 15.2. The van der Waals surface area contributed by atoms with Crippen molar-refractivity contribution in [1.82, 2.24) is 25.0 Å². The summed E-state index contributed by atoms with van der Waals surface area (Å²) in [6, 6.07) is 17.7. The Morgan fingerprint density at radius 2 is 1.68 bits per heavy atom. The zero-order valence-corrected chi connectivity index (χ0v) is 17.1. The number of nitrogens with zero attached hydrogens (tertiary/aromatic N) is 7. The highest BCUT2D eigenvalue weighted by Gasteiger charge is 2.27. The number of likely N-dealkylation sites (N-methyl/N-ethyl adjacent to an activating group) is 1. The van der Waals surface area contributed by atoms with Crippen LogP contribution in [0.1, 0.15) is 11.3 Å². The first kappa shape index (κ1) is 18.9. The van der Waals surface area contributed by atoms with Crippen LogP contribution in [-0.2, 0) is 11.3 Å². The lowest BCUT2D eigenvalue weighted by atomic mass is 10.2. The molecule has 154 valence electrons. The minimum atomic E-state index is -0.156. The van der Waals surface area contributed by atoms with Crippen LogP contribution in [0.25, 0.3) is 17.1 Å². The van der Waals surface area contributed by atoms with Gasteiger partial charge in [0.15, 0.2) is 11.6 Å². The summed E-state index contributed by atoms with van der Waals surface area (Å²) in [7, 11) is 1.96. The number of anilines is 2. The van der Waals surface area contributed by atoms with Crippen molar-refractivity contribution in [2.24, 2.45) is 0 Å². The molecule has 0 saturated heterocycles. The maximum Gasteiger partial charge on any atom is 0.252 e. The molecule has 0 bridgehead atoms. The molecule has 1 aliphatic heterocycles. The van der Waals surface area contributed by atoms with E-state index in [0.717, 1.165) is 16.6 Å². The van der Waals surface area contributed by atoms with Gasteiger partial charge in [-0.3, -0.25) is 9.69 Å². The SMILES string of the molecule is CN1CCN(C(=O)C=Cc2cn(Cc3ccccc3)nn2)c2nc3ccccc3nc21. The number of rotatable bonds is 4. The molecule has 8 heteroatoms. The minimum absolute atomic E-state index is 0.156. The highest BCUT2D eigenvalue weighted by atomic mass is 16.2. The molecule has 0 fully saturated rings. The van der Waals surface area contributed by atoms with Gasteiger partial charge in [-0.25, -0.2) is 14.6 Å². The number of hydrogen-bond acceptors (Lipinski definition) is 6. The Balaban J connectivity index is 1.36. The van der Waals surface area contributed by atoms with Gasteiger partial charge in [0.05, 0.1) is 23.8 Å². The third-order valence-electron chi connectivity index (χ3n) is 5.22. The topological polar surface area (TPSA) is 80.0 Å². The average Bonchev–Trinajstić information content (AvgIpc) is 3.24. The van der Waals surface area contributed by atoms with Gasteiger partial charge >= 0.3 is 0 Å². The Kier molecular flexibility index (Phi) is 4.87. The maximum absolute atomic E-state index is 13.0. The second kappa shape index (κ2) is 7.98. The quantitative estimate of drug-likeness (QED) is 0.481.